The number of piperidine rings is 1. The van der Waals surface area contributed by atoms with Crippen molar-refractivity contribution < 1.29 is 27.8 Å². The van der Waals surface area contributed by atoms with Crippen molar-refractivity contribution in [3.63, 3.8) is 0 Å². The third-order valence-corrected chi connectivity index (χ3v) is 11.9. The summed E-state index contributed by atoms with van der Waals surface area (Å²) in [5.74, 6) is 1.38. The Morgan fingerprint density at radius 2 is 1.97 bits per heavy atom. The molecule has 2 aromatic rings. The number of esters is 1. The van der Waals surface area contributed by atoms with Crippen molar-refractivity contribution in [1.82, 2.24) is 9.21 Å². The molecule has 8 nitrogen and oxygen atoms in total. The van der Waals surface area contributed by atoms with Gasteiger partial charge in [-0.3, -0.25) is 9.69 Å². The summed E-state index contributed by atoms with van der Waals surface area (Å²) in [6, 6.07) is 10.7. The van der Waals surface area contributed by atoms with E-state index in [0.29, 0.717) is 12.2 Å². The molecule has 2 heterocycles. The Morgan fingerprint density at radius 3 is 2.69 bits per heavy atom. The van der Waals surface area contributed by atoms with Crippen LogP contribution in [-0.2, 0) is 32.4 Å². The number of nitrogens with zero attached hydrogens (tertiary/aromatic N) is 2. The van der Waals surface area contributed by atoms with E-state index in [2.05, 4.69) is 4.90 Å². The zero-order valence-electron chi connectivity index (χ0n) is 22.5. The van der Waals surface area contributed by atoms with Gasteiger partial charge in [0.1, 0.15) is 11.9 Å². The second kappa shape index (κ2) is 8.94. The molecule has 2 aliphatic heterocycles. The third-order valence-electron chi connectivity index (χ3n) is 10.0. The summed E-state index contributed by atoms with van der Waals surface area (Å²) in [4.78, 5) is 14.6. The molecule has 1 saturated heterocycles. The van der Waals surface area contributed by atoms with Gasteiger partial charge >= 0.3 is 5.97 Å². The Kier molecular flexibility index (Phi) is 5.81. The van der Waals surface area contributed by atoms with Crippen LogP contribution in [0.25, 0.3) is 0 Å². The first-order valence-corrected chi connectivity index (χ1v) is 15.8. The first kappa shape index (κ1) is 25.4. The largest absolute Gasteiger partial charge is 0.508 e. The number of rotatable bonds is 7. The molecular formula is C30H36N2O6S. The molecule has 0 unspecified atom stereocenters. The number of benzene rings is 2. The zero-order valence-corrected chi connectivity index (χ0v) is 23.3. The lowest BCUT2D eigenvalue weighted by molar-refractivity contribution is -0.132. The van der Waals surface area contributed by atoms with E-state index in [0.717, 1.165) is 55.0 Å². The summed E-state index contributed by atoms with van der Waals surface area (Å²) in [6.45, 7) is 3.35. The fourth-order valence-corrected chi connectivity index (χ4v) is 9.65. The topological polar surface area (TPSA) is 96.4 Å². The van der Waals surface area contributed by atoms with Crippen molar-refractivity contribution in [3.05, 3.63) is 53.1 Å². The van der Waals surface area contributed by atoms with Crippen molar-refractivity contribution >= 4 is 16.0 Å². The van der Waals surface area contributed by atoms with Crippen LogP contribution in [0, 0.1) is 11.8 Å². The number of likely N-dealkylation sites (tertiary alicyclic amines) is 1. The summed E-state index contributed by atoms with van der Waals surface area (Å²) < 4.78 is 41.2. The van der Waals surface area contributed by atoms with E-state index >= 15 is 0 Å². The van der Waals surface area contributed by atoms with E-state index in [1.165, 1.54) is 30.1 Å². The minimum Gasteiger partial charge on any atom is -0.508 e. The summed E-state index contributed by atoms with van der Waals surface area (Å²) in [5, 5.41) is 11.2. The summed E-state index contributed by atoms with van der Waals surface area (Å²) in [6.07, 6.45) is 5.31. The van der Waals surface area contributed by atoms with E-state index < -0.39 is 27.5 Å². The number of likely N-dealkylation sites (N-methyl/N-ethyl adjacent to an activating group) is 1. The average molecular weight is 553 g/mol. The van der Waals surface area contributed by atoms with Gasteiger partial charge in [-0.1, -0.05) is 30.3 Å². The van der Waals surface area contributed by atoms with Crippen LogP contribution in [0.3, 0.4) is 0 Å². The fourth-order valence-electron chi connectivity index (χ4n) is 8.21. The molecule has 2 bridgehead atoms. The van der Waals surface area contributed by atoms with Crippen molar-refractivity contribution in [3.8, 4) is 17.2 Å². The molecule has 9 heteroatoms. The lowest BCUT2D eigenvalue weighted by Gasteiger charge is -2.60. The van der Waals surface area contributed by atoms with Crippen LogP contribution < -0.4 is 9.47 Å². The van der Waals surface area contributed by atoms with Crippen LogP contribution in [0.1, 0.15) is 55.7 Å². The van der Waals surface area contributed by atoms with Crippen molar-refractivity contribution in [2.24, 2.45) is 11.8 Å². The number of phenols is 1. The van der Waals surface area contributed by atoms with Gasteiger partial charge in [-0.25, -0.2) is 8.42 Å². The number of hydrogen-bond acceptors (Lipinski definition) is 7. The van der Waals surface area contributed by atoms with Crippen LogP contribution in [-0.4, -0.2) is 67.0 Å². The molecule has 208 valence electrons. The lowest BCUT2D eigenvalue weighted by atomic mass is 9.51. The fraction of sp³-hybridized carbons (Fsp3) is 0.567. The zero-order chi connectivity index (χ0) is 27.1. The van der Waals surface area contributed by atoms with Gasteiger partial charge in [0.2, 0.25) is 10.0 Å². The number of carbonyl (C=O) groups excluding carboxylic acids is 1. The summed E-state index contributed by atoms with van der Waals surface area (Å²) >= 11 is 0. The highest BCUT2D eigenvalue weighted by Crippen LogP contribution is 2.66. The quantitative estimate of drug-likeness (QED) is 0.414. The molecular weight excluding hydrogens is 516 g/mol. The number of ether oxygens (including phenoxy) is 2. The predicted molar refractivity (Wildman–Crippen MR) is 145 cm³/mol. The molecule has 3 fully saturated rings. The van der Waals surface area contributed by atoms with Gasteiger partial charge in [-0.05, 0) is 62.5 Å². The highest BCUT2D eigenvalue weighted by Gasteiger charge is 2.67. The van der Waals surface area contributed by atoms with Gasteiger partial charge in [0.05, 0.1) is 11.8 Å². The van der Waals surface area contributed by atoms with E-state index in [9.17, 15) is 18.3 Å². The molecule has 7 rings (SSSR count). The number of sulfonamides is 1. The smallest absolute Gasteiger partial charge is 0.308 e. The van der Waals surface area contributed by atoms with E-state index in [-0.39, 0.29) is 35.3 Å². The summed E-state index contributed by atoms with van der Waals surface area (Å²) in [7, 11) is -1.95. The van der Waals surface area contributed by atoms with Crippen molar-refractivity contribution in [2.75, 3.05) is 20.1 Å². The third kappa shape index (κ3) is 3.91. The first-order chi connectivity index (χ1) is 18.7. The molecule has 0 amide bonds. The number of hydrogen-bond donors (Lipinski definition) is 1. The SMILES string of the molecule is CC(=O)Oc1cc(O)c2c3c1O[C@H]1[C@H](N(C)S(=O)(=O)Cc4ccccc4)CC[C@H]4[C@@H](C2)N(CC2CC2)CC[C@@]341. The molecule has 5 aliphatic rings. The highest BCUT2D eigenvalue weighted by molar-refractivity contribution is 7.88. The monoisotopic (exact) mass is 552 g/mol. The maximum absolute atomic E-state index is 13.7. The molecule has 39 heavy (non-hydrogen) atoms. The van der Waals surface area contributed by atoms with E-state index in [1.807, 2.05) is 30.3 Å². The Bertz CT molecular complexity index is 1420. The van der Waals surface area contributed by atoms with Gasteiger partial charge < -0.3 is 14.6 Å². The number of aromatic hydroxyl groups is 1. The molecule has 2 saturated carbocycles. The van der Waals surface area contributed by atoms with Crippen molar-refractivity contribution in [1.29, 1.82) is 0 Å². The predicted octanol–water partition coefficient (Wildman–Crippen LogP) is 3.60. The highest BCUT2D eigenvalue weighted by atomic mass is 32.2. The summed E-state index contributed by atoms with van der Waals surface area (Å²) in [5.41, 5.74) is 2.15. The standard InChI is InChI=1S/C30H36N2O6S/c1-18(33)37-26-15-25(34)21-14-24-22-10-11-23(31(2)39(35,36)17-20-6-4-3-5-7-20)29-30(22,27(21)28(26)38-29)12-13-32(24)16-19-8-9-19/h3-7,15,19,22-24,29,34H,8-14,16-17H2,1-2H3/t22-,23+,24+,29-,30-/m0/s1. The van der Waals surface area contributed by atoms with Crippen LogP contribution in [0.2, 0.25) is 0 Å². The Balaban J connectivity index is 1.31. The van der Waals surface area contributed by atoms with E-state index in [1.54, 1.807) is 7.05 Å². The van der Waals surface area contributed by atoms with Gasteiger partial charge in [-0.2, -0.15) is 4.31 Å². The first-order valence-electron chi connectivity index (χ1n) is 14.2. The maximum atomic E-state index is 13.7. The maximum Gasteiger partial charge on any atom is 0.308 e. The molecule has 1 N–H and O–H groups in total. The van der Waals surface area contributed by atoms with Gasteiger partial charge in [0, 0.05) is 49.2 Å². The average Bonchev–Trinajstić information content (AvgIpc) is 3.65. The minimum absolute atomic E-state index is 0.0700. The normalized spacial score (nSPS) is 31.1. The van der Waals surface area contributed by atoms with Crippen molar-refractivity contribution in [2.45, 2.75) is 74.8 Å². The number of phenolic OH excluding ortho intramolecular Hbond substituents is 1. The van der Waals surface area contributed by atoms with Gasteiger partial charge in [0.15, 0.2) is 11.5 Å². The molecule has 1 spiro atoms. The Morgan fingerprint density at radius 1 is 1.21 bits per heavy atom. The van der Waals surface area contributed by atoms with Crippen LogP contribution in [0.4, 0.5) is 0 Å². The second-order valence-corrected chi connectivity index (χ2v) is 14.2. The molecule has 0 aromatic heterocycles. The Labute approximate surface area is 229 Å². The number of carbonyl (C=O) groups is 1. The molecule has 2 aromatic carbocycles. The van der Waals surface area contributed by atoms with Gasteiger partial charge in [0.25, 0.3) is 0 Å². The molecule has 3 aliphatic carbocycles. The van der Waals surface area contributed by atoms with E-state index in [4.69, 9.17) is 9.47 Å². The minimum atomic E-state index is -3.63. The van der Waals surface area contributed by atoms with Crippen LogP contribution in [0.15, 0.2) is 36.4 Å². The van der Waals surface area contributed by atoms with Gasteiger partial charge in [-0.15, -0.1) is 0 Å². The van der Waals surface area contributed by atoms with Crippen LogP contribution in [0.5, 0.6) is 17.2 Å². The Hall–Kier alpha value is -2.62. The molecule has 5 atom stereocenters. The molecule has 0 radical (unpaired) electrons. The van der Waals surface area contributed by atoms with Crippen LogP contribution >= 0.6 is 0 Å². The lowest BCUT2D eigenvalue weighted by Crippen LogP contribution is -2.69. The second-order valence-electron chi connectivity index (χ2n) is 12.2.